The number of nitrogens with zero attached hydrogens (tertiary/aromatic N) is 3. The number of anilines is 1. The van der Waals surface area contributed by atoms with Crippen LogP contribution in [0.1, 0.15) is 6.42 Å². The van der Waals surface area contributed by atoms with Crippen molar-refractivity contribution in [2.24, 2.45) is 5.92 Å². The summed E-state index contributed by atoms with van der Waals surface area (Å²) < 4.78 is 1.57. The number of hydrogen-bond acceptors (Lipinski definition) is 3. The van der Waals surface area contributed by atoms with Gasteiger partial charge in [-0.15, -0.1) is 0 Å². The topological polar surface area (TPSA) is 87.5 Å². The Labute approximate surface area is 137 Å². The molecule has 1 aliphatic heterocycles. The van der Waals surface area contributed by atoms with E-state index in [1.807, 2.05) is 0 Å². The first-order valence-corrected chi connectivity index (χ1v) is 7.51. The quantitative estimate of drug-likeness (QED) is 0.902. The van der Waals surface area contributed by atoms with Gasteiger partial charge >= 0.3 is 12.0 Å². The normalized spacial score (nSPS) is 17.3. The van der Waals surface area contributed by atoms with Gasteiger partial charge in [-0.05, 0) is 24.6 Å². The lowest BCUT2D eigenvalue weighted by atomic mass is 10.1. The number of para-hydroxylation sites is 1. The molecular formula is C15H15ClN4O3. The van der Waals surface area contributed by atoms with Crippen LogP contribution < -0.4 is 5.32 Å². The average molecular weight is 335 g/mol. The second-order valence-electron chi connectivity index (χ2n) is 5.29. The number of halogens is 1. The smallest absolute Gasteiger partial charge is 0.321 e. The maximum atomic E-state index is 12.4. The lowest BCUT2D eigenvalue weighted by Gasteiger charge is -2.19. The molecule has 0 bridgehead atoms. The van der Waals surface area contributed by atoms with E-state index < -0.39 is 11.9 Å². The maximum Gasteiger partial charge on any atom is 0.321 e. The van der Waals surface area contributed by atoms with E-state index in [9.17, 15) is 9.59 Å². The van der Waals surface area contributed by atoms with E-state index in [1.165, 1.54) is 4.90 Å². The molecular weight excluding hydrogens is 320 g/mol. The van der Waals surface area contributed by atoms with Gasteiger partial charge in [0.05, 0.1) is 16.6 Å². The highest BCUT2D eigenvalue weighted by atomic mass is 35.5. The fraction of sp³-hybridized carbons (Fsp3) is 0.267. The van der Waals surface area contributed by atoms with Crippen molar-refractivity contribution in [3.8, 4) is 5.69 Å². The van der Waals surface area contributed by atoms with Crippen LogP contribution in [-0.2, 0) is 4.79 Å². The predicted molar refractivity (Wildman–Crippen MR) is 84.9 cm³/mol. The van der Waals surface area contributed by atoms with Gasteiger partial charge in [-0.25, -0.2) is 9.48 Å². The van der Waals surface area contributed by atoms with Crippen LogP contribution >= 0.6 is 11.6 Å². The van der Waals surface area contributed by atoms with Crippen LogP contribution in [0.25, 0.3) is 5.69 Å². The molecule has 0 radical (unpaired) electrons. The summed E-state index contributed by atoms with van der Waals surface area (Å²) in [5, 5.41) is 16.4. The molecule has 1 aromatic heterocycles. The number of aromatic nitrogens is 2. The molecule has 7 nitrogen and oxygen atoms in total. The third-order valence-electron chi connectivity index (χ3n) is 3.79. The van der Waals surface area contributed by atoms with E-state index in [0.717, 1.165) is 0 Å². The van der Waals surface area contributed by atoms with Crippen molar-refractivity contribution in [3.63, 3.8) is 0 Å². The number of carboxylic acids is 1. The molecule has 1 aromatic carbocycles. The number of aliphatic carboxylic acids is 1. The van der Waals surface area contributed by atoms with Gasteiger partial charge in [0.1, 0.15) is 5.69 Å². The van der Waals surface area contributed by atoms with Crippen LogP contribution in [0.5, 0.6) is 0 Å². The van der Waals surface area contributed by atoms with Crippen LogP contribution in [0.2, 0.25) is 5.02 Å². The molecule has 23 heavy (non-hydrogen) atoms. The molecule has 1 unspecified atom stereocenters. The highest BCUT2D eigenvalue weighted by molar-refractivity contribution is 6.33. The van der Waals surface area contributed by atoms with Crippen molar-refractivity contribution >= 4 is 29.3 Å². The number of nitrogens with one attached hydrogen (secondary N) is 1. The monoisotopic (exact) mass is 334 g/mol. The highest BCUT2D eigenvalue weighted by Crippen LogP contribution is 2.28. The van der Waals surface area contributed by atoms with E-state index in [4.69, 9.17) is 16.7 Å². The summed E-state index contributed by atoms with van der Waals surface area (Å²) in [6.45, 7) is 0.624. The number of urea groups is 1. The van der Waals surface area contributed by atoms with Crippen LogP contribution in [0, 0.1) is 5.92 Å². The minimum atomic E-state index is -0.875. The van der Waals surface area contributed by atoms with Gasteiger partial charge < -0.3 is 15.3 Å². The summed E-state index contributed by atoms with van der Waals surface area (Å²) in [4.78, 5) is 24.9. The number of likely N-dealkylation sites (tertiary alicyclic amines) is 1. The zero-order valence-electron chi connectivity index (χ0n) is 12.1. The van der Waals surface area contributed by atoms with Crippen molar-refractivity contribution in [1.82, 2.24) is 14.7 Å². The van der Waals surface area contributed by atoms with Crippen LogP contribution in [-0.4, -0.2) is 44.9 Å². The lowest BCUT2D eigenvalue weighted by molar-refractivity contribution is -0.141. The Bertz CT molecular complexity index is 732. The Kier molecular flexibility index (Phi) is 4.20. The Morgan fingerprint density at radius 2 is 2.17 bits per heavy atom. The standard InChI is InChI=1S/C15H15ClN4O3/c16-11-3-1-4-12(13(11)20-7-2-6-17-20)18-15(23)19-8-5-10(9-19)14(21)22/h1-4,6-7,10H,5,8-9H2,(H,18,23)(H,21,22). The Balaban J connectivity index is 1.80. The van der Waals surface area contributed by atoms with Crippen LogP contribution in [0.4, 0.5) is 10.5 Å². The highest BCUT2D eigenvalue weighted by Gasteiger charge is 2.31. The summed E-state index contributed by atoms with van der Waals surface area (Å²) in [5.74, 6) is -1.38. The van der Waals surface area contributed by atoms with Gasteiger partial charge in [-0.1, -0.05) is 17.7 Å². The third kappa shape index (κ3) is 3.14. The van der Waals surface area contributed by atoms with Gasteiger partial charge in [-0.3, -0.25) is 4.79 Å². The fourth-order valence-electron chi connectivity index (χ4n) is 2.59. The molecule has 2 heterocycles. The Hall–Kier alpha value is -2.54. The molecule has 1 fully saturated rings. The molecule has 3 rings (SSSR count). The van der Waals surface area contributed by atoms with Gasteiger partial charge in [-0.2, -0.15) is 5.10 Å². The number of carbonyl (C=O) groups excluding carboxylic acids is 1. The number of benzene rings is 1. The first kappa shape index (κ1) is 15.4. The van der Waals surface area contributed by atoms with Crippen LogP contribution in [0.3, 0.4) is 0 Å². The van der Waals surface area contributed by atoms with E-state index in [0.29, 0.717) is 29.4 Å². The average Bonchev–Trinajstić information content (AvgIpc) is 3.19. The fourth-order valence-corrected chi connectivity index (χ4v) is 2.85. The maximum absolute atomic E-state index is 12.4. The minimum absolute atomic E-state index is 0.207. The molecule has 1 atom stereocenters. The minimum Gasteiger partial charge on any atom is -0.481 e. The van der Waals surface area contributed by atoms with Crippen LogP contribution in [0.15, 0.2) is 36.7 Å². The second-order valence-corrected chi connectivity index (χ2v) is 5.69. The Morgan fingerprint density at radius 1 is 1.35 bits per heavy atom. The summed E-state index contributed by atoms with van der Waals surface area (Å²) in [6, 6.07) is 6.59. The van der Waals surface area contributed by atoms with Crippen molar-refractivity contribution in [2.75, 3.05) is 18.4 Å². The van der Waals surface area contributed by atoms with Gasteiger partial charge in [0.15, 0.2) is 0 Å². The number of rotatable bonds is 3. The zero-order valence-corrected chi connectivity index (χ0v) is 12.9. The van der Waals surface area contributed by atoms with E-state index in [1.54, 1.807) is 41.3 Å². The molecule has 2 aromatic rings. The molecule has 0 saturated carbocycles. The van der Waals surface area contributed by atoms with Crippen molar-refractivity contribution in [3.05, 3.63) is 41.7 Å². The van der Waals surface area contributed by atoms with E-state index in [2.05, 4.69) is 10.4 Å². The summed E-state index contributed by atoms with van der Waals surface area (Å²) >= 11 is 6.23. The Morgan fingerprint density at radius 3 is 2.83 bits per heavy atom. The SMILES string of the molecule is O=C(O)C1CCN(C(=O)Nc2cccc(Cl)c2-n2cccn2)C1. The molecule has 2 amide bonds. The molecule has 0 aliphatic carbocycles. The largest absolute Gasteiger partial charge is 0.481 e. The zero-order chi connectivity index (χ0) is 16.4. The summed E-state index contributed by atoms with van der Waals surface area (Å²) in [6.07, 6.45) is 3.81. The van der Waals surface area contributed by atoms with Gasteiger partial charge in [0.25, 0.3) is 0 Å². The van der Waals surface area contributed by atoms with Crippen molar-refractivity contribution in [2.45, 2.75) is 6.42 Å². The van der Waals surface area contributed by atoms with E-state index >= 15 is 0 Å². The molecule has 1 saturated heterocycles. The van der Waals surface area contributed by atoms with Gasteiger partial charge in [0, 0.05) is 25.5 Å². The number of amides is 2. The first-order chi connectivity index (χ1) is 11.1. The molecule has 2 N–H and O–H groups in total. The van der Waals surface area contributed by atoms with Crippen molar-refractivity contribution in [1.29, 1.82) is 0 Å². The number of carboxylic acid groups (broad SMARTS) is 1. The lowest BCUT2D eigenvalue weighted by Crippen LogP contribution is -2.34. The summed E-state index contributed by atoms with van der Waals surface area (Å²) in [7, 11) is 0. The molecule has 0 spiro atoms. The molecule has 8 heteroatoms. The second kappa shape index (κ2) is 6.29. The molecule has 1 aliphatic rings. The summed E-state index contributed by atoms with van der Waals surface area (Å²) in [5.41, 5.74) is 1.09. The predicted octanol–water partition coefficient (Wildman–Crippen LogP) is 2.46. The third-order valence-corrected chi connectivity index (χ3v) is 4.09. The number of hydrogen-bond donors (Lipinski definition) is 2. The van der Waals surface area contributed by atoms with Gasteiger partial charge in [0.2, 0.25) is 0 Å². The first-order valence-electron chi connectivity index (χ1n) is 7.13. The van der Waals surface area contributed by atoms with E-state index in [-0.39, 0.29) is 12.6 Å². The number of carbonyl (C=O) groups is 2. The molecule has 120 valence electrons. The van der Waals surface area contributed by atoms with Crippen molar-refractivity contribution < 1.29 is 14.7 Å².